The molecule has 4 rings (SSSR count). The first kappa shape index (κ1) is 21.1. The molecule has 3 aromatic carbocycles. The van der Waals surface area contributed by atoms with Gasteiger partial charge in [0, 0.05) is 11.3 Å². The molecule has 3 aromatic rings. The van der Waals surface area contributed by atoms with Crippen molar-refractivity contribution in [1.29, 1.82) is 0 Å². The first-order chi connectivity index (χ1) is 15.4. The highest BCUT2D eigenvalue weighted by molar-refractivity contribution is 6.51. The summed E-state index contributed by atoms with van der Waals surface area (Å²) in [5.74, 6) is -1.47. The van der Waals surface area contributed by atoms with Crippen LogP contribution in [0.2, 0.25) is 0 Å². The maximum absolute atomic E-state index is 13.5. The van der Waals surface area contributed by atoms with Crippen LogP contribution in [-0.2, 0) is 9.59 Å². The van der Waals surface area contributed by atoms with E-state index in [0.717, 1.165) is 0 Å². The van der Waals surface area contributed by atoms with Gasteiger partial charge in [0.2, 0.25) is 0 Å². The molecule has 1 aliphatic heterocycles. The highest BCUT2D eigenvalue weighted by Gasteiger charge is 2.47. The Morgan fingerprint density at radius 2 is 1.53 bits per heavy atom. The van der Waals surface area contributed by atoms with Crippen molar-refractivity contribution in [2.45, 2.75) is 6.04 Å². The summed E-state index contributed by atoms with van der Waals surface area (Å²) in [6.07, 6.45) is 0. The number of aliphatic hydroxyl groups is 1. The zero-order chi connectivity index (χ0) is 22.8. The number of anilines is 1. The number of aliphatic hydroxyl groups excluding tert-OH is 1. The van der Waals surface area contributed by atoms with Gasteiger partial charge < -0.3 is 14.6 Å². The van der Waals surface area contributed by atoms with Crippen LogP contribution in [0, 0.1) is 5.82 Å². The zero-order valence-electron chi connectivity index (χ0n) is 17.4. The highest BCUT2D eigenvalue weighted by Crippen LogP contribution is 2.43. The quantitative estimate of drug-likeness (QED) is 0.365. The van der Waals surface area contributed by atoms with E-state index >= 15 is 0 Å². The van der Waals surface area contributed by atoms with Crippen molar-refractivity contribution >= 4 is 23.1 Å². The van der Waals surface area contributed by atoms with Crippen molar-refractivity contribution in [2.24, 2.45) is 0 Å². The Labute approximate surface area is 184 Å². The maximum Gasteiger partial charge on any atom is 0.300 e. The van der Waals surface area contributed by atoms with E-state index in [1.807, 2.05) is 0 Å². The van der Waals surface area contributed by atoms with Crippen LogP contribution in [0.1, 0.15) is 17.2 Å². The predicted octanol–water partition coefficient (Wildman–Crippen LogP) is 4.47. The van der Waals surface area contributed by atoms with Crippen LogP contribution in [0.4, 0.5) is 10.1 Å². The van der Waals surface area contributed by atoms with E-state index in [-0.39, 0.29) is 11.3 Å². The molecule has 32 heavy (non-hydrogen) atoms. The summed E-state index contributed by atoms with van der Waals surface area (Å²) in [6.45, 7) is 0. The number of amides is 1. The predicted molar refractivity (Wildman–Crippen MR) is 117 cm³/mol. The molecule has 0 saturated carbocycles. The van der Waals surface area contributed by atoms with Crippen molar-refractivity contribution in [1.82, 2.24) is 0 Å². The third kappa shape index (κ3) is 3.69. The first-order valence-corrected chi connectivity index (χ1v) is 9.79. The van der Waals surface area contributed by atoms with Crippen LogP contribution in [-0.4, -0.2) is 31.0 Å². The summed E-state index contributed by atoms with van der Waals surface area (Å²) >= 11 is 0. The van der Waals surface area contributed by atoms with Gasteiger partial charge in [-0.15, -0.1) is 0 Å². The van der Waals surface area contributed by atoms with E-state index in [2.05, 4.69) is 0 Å². The molecule has 1 amide bonds. The Morgan fingerprint density at radius 3 is 2.19 bits per heavy atom. The van der Waals surface area contributed by atoms with Gasteiger partial charge in [0.05, 0.1) is 25.8 Å². The topological polar surface area (TPSA) is 76.1 Å². The zero-order valence-corrected chi connectivity index (χ0v) is 17.4. The highest BCUT2D eigenvalue weighted by atomic mass is 19.1. The third-order valence-corrected chi connectivity index (χ3v) is 5.30. The lowest BCUT2D eigenvalue weighted by molar-refractivity contribution is -0.132. The minimum absolute atomic E-state index is 0.0826. The molecule has 1 heterocycles. The molecule has 7 heteroatoms. The monoisotopic (exact) mass is 433 g/mol. The second-order valence-electron chi connectivity index (χ2n) is 7.15. The fourth-order valence-corrected chi connectivity index (χ4v) is 3.75. The van der Waals surface area contributed by atoms with E-state index in [9.17, 15) is 19.1 Å². The average molecular weight is 433 g/mol. The molecule has 1 aliphatic rings. The summed E-state index contributed by atoms with van der Waals surface area (Å²) in [7, 11) is 3.00. The Balaban J connectivity index is 1.95. The third-order valence-electron chi connectivity index (χ3n) is 5.30. The number of carbonyl (C=O) groups excluding carboxylic acids is 2. The molecule has 0 aromatic heterocycles. The molecule has 0 bridgehead atoms. The van der Waals surface area contributed by atoms with E-state index in [4.69, 9.17) is 9.47 Å². The Kier molecular flexibility index (Phi) is 5.64. The number of ether oxygens (including phenoxy) is 2. The average Bonchev–Trinajstić information content (AvgIpc) is 3.09. The van der Waals surface area contributed by atoms with E-state index in [1.54, 1.807) is 48.5 Å². The van der Waals surface area contributed by atoms with Crippen LogP contribution in [0.25, 0.3) is 5.76 Å². The van der Waals surface area contributed by atoms with Gasteiger partial charge in [-0.05, 0) is 54.1 Å². The maximum atomic E-state index is 13.5. The van der Waals surface area contributed by atoms with E-state index in [1.165, 1.54) is 43.4 Å². The summed E-state index contributed by atoms with van der Waals surface area (Å²) in [6, 6.07) is 17.7. The Hall–Kier alpha value is -4.13. The number of Topliss-reactive ketones (excluding diaryl/α,β-unsaturated/α-hetero) is 1. The van der Waals surface area contributed by atoms with Crippen LogP contribution >= 0.6 is 0 Å². The SMILES string of the molecule is COc1cccc(/C(O)=C2/C(=O)C(=O)N(c3ccc(F)cc3)C2c2cccc(OC)c2)c1. The van der Waals surface area contributed by atoms with Crippen LogP contribution in [0.5, 0.6) is 11.5 Å². The lowest BCUT2D eigenvalue weighted by atomic mass is 9.95. The minimum atomic E-state index is -0.943. The van der Waals surface area contributed by atoms with Gasteiger partial charge in [0.25, 0.3) is 11.7 Å². The lowest BCUT2D eigenvalue weighted by Crippen LogP contribution is -2.29. The number of carbonyl (C=O) groups is 2. The Morgan fingerprint density at radius 1 is 0.906 bits per heavy atom. The second kappa shape index (κ2) is 8.55. The van der Waals surface area contributed by atoms with Crippen molar-refractivity contribution in [3.05, 3.63) is 95.3 Å². The molecule has 6 nitrogen and oxygen atoms in total. The number of benzene rings is 3. The number of ketones is 1. The normalized spacial score (nSPS) is 17.5. The second-order valence-corrected chi connectivity index (χ2v) is 7.15. The van der Waals surface area contributed by atoms with Crippen LogP contribution in [0.3, 0.4) is 0 Å². The number of rotatable bonds is 5. The summed E-state index contributed by atoms with van der Waals surface area (Å²) in [5.41, 5.74) is 1.12. The largest absolute Gasteiger partial charge is 0.507 e. The van der Waals surface area contributed by atoms with Crippen LogP contribution < -0.4 is 14.4 Å². The molecule has 0 spiro atoms. The van der Waals surface area contributed by atoms with Gasteiger partial charge in [-0.2, -0.15) is 0 Å². The molecular formula is C25H20FNO5. The fraction of sp³-hybridized carbons (Fsp3) is 0.120. The van der Waals surface area contributed by atoms with Crippen molar-refractivity contribution in [3.63, 3.8) is 0 Å². The molecule has 1 unspecified atom stereocenters. The number of methoxy groups -OCH3 is 2. The number of hydrogen-bond donors (Lipinski definition) is 1. The number of halogens is 1. The molecule has 1 atom stereocenters. The van der Waals surface area contributed by atoms with Crippen molar-refractivity contribution in [2.75, 3.05) is 19.1 Å². The van der Waals surface area contributed by atoms with E-state index < -0.39 is 23.5 Å². The lowest BCUT2D eigenvalue weighted by Gasteiger charge is -2.25. The van der Waals surface area contributed by atoms with Gasteiger partial charge >= 0.3 is 0 Å². The Bertz CT molecular complexity index is 1220. The minimum Gasteiger partial charge on any atom is -0.507 e. The van der Waals surface area contributed by atoms with Gasteiger partial charge in [0.15, 0.2) is 0 Å². The summed E-state index contributed by atoms with van der Waals surface area (Å²) in [5, 5.41) is 11.1. The van der Waals surface area contributed by atoms with Gasteiger partial charge in [0.1, 0.15) is 23.1 Å². The fourth-order valence-electron chi connectivity index (χ4n) is 3.75. The smallest absolute Gasteiger partial charge is 0.300 e. The molecule has 162 valence electrons. The summed E-state index contributed by atoms with van der Waals surface area (Å²) in [4.78, 5) is 27.4. The first-order valence-electron chi connectivity index (χ1n) is 9.79. The molecule has 0 aliphatic carbocycles. The van der Waals surface area contributed by atoms with Crippen molar-refractivity contribution in [3.8, 4) is 11.5 Å². The molecule has 1 N–H and O–H groups in total. The molecule has 0 radical (unpaired) electrons. The van der Waals surface area contributed by atoms with Gasteiger partial charge in [-0.3, -0.25) is 14.5 Å². The van der Waals surface area contributed by atoms with Gasteiger partial charge in [-0.25, -0.2) is 4.39 Å². The molecule has 1 fully saturated rings. The molecule has 1 saturated heterocycles. The van der Waals surface area contributed by atoms with E-state index in [0.29, 0.717) is 28.3 Å². The standard InChI is InChI=1S/C25H20FNO5/c1-31-19-7-3-5-15(13-19)22-21(23(28)16-6-4-8-20(14-16)32-2)24(29)25(30)27(22)18-11-9-17(26)10-12-18/h3-14,22,28H,1-2H3/b23-21-. The van der Waals surface area contributed by atoms with Crippen LogP contribution in [0.15, 0.2) is 78.4 Å². The molecular weight excluding hydrogens is 413 g/mol. The summed E-state index contributed by atoms with van der Waals surface area (Å²) < 4.78 is 24.0. The number of hydrogen-bond acceptors (Lipinski definition) is 5. The van der Waals surface area contributed by atoms with Crippen molar-refractivity contribution < 1.29 is 28.6 Å². The number of nitrogens with zero attached hydrogens (tertiary/aromatic N) is 1. The van der Waals surface area contributed by atoms with Gasteiger partial charge in [-0.1, -0.05) is 24.3 Å².